The highest BCUT2D eigenvalue weighted by molar-refractivity contribution is 7.99. The van der Waals surface area contributed by atoms with Gasteiger partial charge in [-0.2, -0.15) is 0 Å². The molecule has 1 aromatic carbocycles. The monoisotopic (exact) mass is 600 g/mol. The lowest BCUT2D eigenvalue weighted by atomic mass is 10.0. The number of carbonyl (C=O) groups excluding carboxylic acids is 3. The van der Waals surface area contributed by atoms with Crippen molar-refractivity contribution >= 4 is 45.9 Å². The van der Waals surface area contributed by atoms with Gasteiger partial charge in [0.1, 0.15) is 15.6 Å². The number of thiophene rings is 1. The number of rotatable bonds is 14. The standard InChI is InChI=1S/C29H36N4O6S2/c1-8-15-33-25(19(7)39-21-13-11-20(12-14-21)17(4)5)31-32-29(33)40-16-22(34)30-26-23(27(35)37-9-2)18(6)24(41-26)28(36)38-10-3/h8,11-14,17,19H,1,9-10,15-16H2,2-7H3,(H,30,34). The Bertz CT molecular complexity index is 1380. The molecule has 0 saturated heterocycles. The molecule has 0 aliphatic rings. The minimum Gasteiger partial charge on any atom is -0.483 e. The van der Waals surface area contributed by atoms with E-state index in [-0.39, 0.29) is 40.3 Å². The third-order valence-corrected chi connectivity index (χ3v) is 8.11. The zero-order chi connectivity index (χ0) is 30.1. The predicted octanol–water partition coefficient (Wildman–Crippen LogP) is 6.18. The molecule has 0 saturated carbocycles. The van der Waals surface area contributed by atoms with Gasteiger partial charge < -0.3 is 19.5 Å². The summed E-state index contributed by atoms with van der Waals surface area (Å²) in [6.45, 7) is 15.8. The summed E-state index contributed by atoms with van der Waals surface area (Å²) in [5.41, 5.74) is 1.77. The summed E-state index contributed by atoms with van der Waals surface area (Å²) in [6.07, 6.45) is 1.32. The molecule has 1 amide bonds. The lowest BCUT2D eigenvalue weighted by Crippen LogP contribution is -2.17. The van der Waals surface area contributed by atoms with E-state index in [9.17, 15) is 14.4 Å². The molecule has 1 unspecified atom stereocenters. The number of hydrogen-bond donors (Lipinski definition) is 1. The summed E-state index contributed by atoms with van der Waals surface area (Å²) < 4.78 is 18.2. The van der Waals surface area contributed by atoms with Gasteiger partial charge in [0.15, 0.2) is 17.1 Å². The van der Waals surface area contributed by atoms with Crippen LogP contribution in [0.5, 0.6) is 5.75 Å². The van der Waals surface area contributed by atoms with Gasteiger partial charge in [0.25, 0.3) is 0 Å². The fourth-order valence-corrected chi connectivity index (χ4v) is 5.79. The summed E-state index contributed by atoms with van der Waals surface area (Å²) in [5, 5.41) is 12.1. The smallest absolute Gasteiger partial charge is 0.348 e. The Kier molecular flexibility index (Phi) is 11.5. The third kappa shape index (κ3) is 7.98. The maximum Gasteiger partial charge on any atom is 0.348 e. The molecule has 0 radical (unpaired) electrons. The second kappa shape index (κ2) is 14.8. The number of amides is 1. The number of nitrogens with zero attached hydrogens (tertiary/aromatic N) is 3. The van der Waals surface area contributed by atoms with Crippen molar-refractivity contribution < 1.29 is 28.6 Å². The Morgan fingerprint density at radius 1 is 1.07 bits per heavy atom. The van der Waals surface area contributed by atoms with Crippen LogP contribution in [0.2, 0.25) is 0 Å². The van der Waals surface area contributed by atoms with Gasteiger partial charge in [0.05, 0.1) is 24.5 Å². The molecule has 220 valence electrons. The van der Waals surface area contributed by atoms with Crippen LogP contribution in [0.4, 0.5) is 5.00 Å². The maximum absolute atomic E-state index is 13.0. The molecule has 0 aliphatic heterocycles. The van der Waals surface area contributed by atoms with Gasteiger partial charge in [-0.1, -0.05) is 43.8 Å². The van der Waals surface area contributed by atoms with Crippen molar-refractivity contribution in [3.63, 3.8) is 0 Å². The number of carbonyl (C=O) groups is 3. The Morgan fingerprint density at radius 2 is 1.73 bits per heavy atom. The number of hydrogen-bond acceptors (Lipinski definition) is 10. The SMILES string of the molecule is C=CCn1c(SCC(=O)Nc2sc(C(=O)OCC)c(C)c2C(=O)OCC)nnc1C(C)Oc1ccc(C(C)C)cc1. The fraction of sp³-hybridized carbons (Fsp3) is 0.414. The van der Waals surface area contributed by atoms with Crippen LogP contribution in [-0.2, 0) is 20.8 Å². The molecular formula is C29H36N4O6S2. The first kappa shape index (κ1) is 31.9. The number of thioether (sulfide) groups is 1. The summed E-state index contributed by atoms with van der Waals surface area (Å²) in [4.78, 5) is 38.2. The largest absolute Gasteiger partial charge is 0.483 e. The average Bonchev–Trinajstić information content (AvgIpc) is 3.48. The van der Waals surface area contributed by atoms with E-state index in [1.165, 1.54) is 17.3 Å². The normalized spacial score (nSPS) is 11.7. The summed E-state index contributed by atoms with van der Waals surface area (Å²) in [5.74, 6) is 0.147. The van der Waals surface area contributed by atoms with E-state index >= 15 is 0 Å². The second-order valence-corrected chi connectivity index (χ2v) is 11.2. The number of allylic oxidation sites excluding steroid dienone is 1. The molecule has 2 heterocycles. The van der Waals surface area contributed by atoms with E-state index in [0.717, 1.165) is 17.1 Å². The van der Waals surface area contributed by atoms with Gasteiger partial charge in [0, 0.05) is 6.54 Å². The average molecular weight is 601 g/mol. The van der Waals surface area contributed by atoms with Gasteiger partial charge in [-0.3, -0.25) is 9.36 Å². The highest BCUT2D eigenvalue weighted by Gasteiger charge is 2.27. The van der Waals surface area contributed by atoms with Crippen LogP contribution in [0.15, 0.2) is 42.1 Å². The van der Waals surface area contributed by atoms with E-state index < -0.39 is 18.0 Å². The van der Waals surface area contributed by atoms with Crippen molar-refractivity contribution in [1.82, 2.24) is 14.8 Å². The van der Waals surface area contributed by atoms with Gasteiger partial charge in [-0.05, 0) is 56.9 Å². The minimum absolute atomic E-state index is 0.0187. The molecule has 0 aliphatic carbocycles. The molecular weight excluding hydrogens is 564 g/mol. The fourth-order valence-electron chi connectivity index (χ4n) is 3.93. The molecule has 1 N–H and O–H groups in total. The van der Waals surface area contributed by atoms with Gasteiger partial charge in [-0.25, -0.2) is 9.59 Å². The van der Waals surface area contributed by atoms with Gasteiger partial charge >= 0.3 is 11.9 Å². The van der Waals surface area contributed by atoms with E-state index in [4.69, 9.17) is 14.2 Å². The molecule has 2 aromatic heterocycles. The highest BCUT2D eigenvalue weighted by atomic mass is 32.2. The van der Waals surface area contributed by atoms with E-state index in [1.54, 1.807) is 26.8 Å². The summed E-state index contributed by atoms with van der Waals surface area (Å²) in [7, 11) is 0. The predicted molar refractivity (Wildman–Crippen MR) is 160 cm³/mol. The van der Waals surface area contributed by atoms with Crippen molar-refractivity contribution in [3.8, 4) is 5.75 Å². The topological polar surface area (TPSA) is 122 Å². The first-order valence-electron chi connectivity index (χ1n) is 13.3. The zero-order valence-corrected chi connectivity index (χ0v) is 25.8. The van der Waals surface area contributed by atoms with Crippen molar-refractivity contribution in [2.75, 3.05) is 24.3 Å². The summed E-state index contributed by atoms with van der Waals surface area (Å²) >= 11 is 2.17. The number of benzene rings is 1. The molecule has 3 aromatic rings. The molecule has 10 nitrogen and oxygen atoms in total. The Morgan fingerprint density at radius 3 is 2.34 bits per heavy atom. The van der Waals surface area contributed by atoms with Crippen LogP contribution >= 0.6 is 23.1 Å². The third-order valence-electron chi connectivity index (χ3n) is 5.95. The van der Waals surface area contributed by atoms with Crippen molar-refractivity contribution in [3.05, 3.63) is 64.3 Å². The Balaban J connectivity index is 1.74. The second-order valence-electron chi connectivity index (χ2n) is 9.26. The molecule has 12 heteroatoms. The van der Waals surface area contributed by atoms with Crippen LogP contribution in [0.3, 0.4) is 0 Å². The summed E-state index contributed by atoms with van der Waals surface area (Å²) in [6, 6.07) is 7.95. The van der Waals surface area contributed by atoms with E-state index in [1.807, 2.05) is 35.8 Å². The quantitative estimate of drug-likeness (QED) is 0.131. The van der Waals surface area contributed by atoms with E-state index in [0.29, 0.717) is 29.0 Å². The molecule has 41 heavy (non-hydrogen) atoms. The molecule has 3 rings (SSSR count). The number of nitrogens with one attached hydrogen (secondary N) is 1. The number of esters is 2. The van der Waals surface area contributed by atoms with E-state index in [2.05, 4.69) is 35.9 Å². The van der Waals surface area contributed by atoms with Crippen LogP contribution in [0, 0.1) is 6.92 Å². The van der Waals surface area contributed by atoms with Crippen LogP contribution in [0.1, 0.15) is 83.6 Å². The first-order valence-corrected chi connectivity index (χ1v) is 15.1. The number of anilines is 1. The maximum atomic E-state index is 13.0. The molecule has 0 bridgehead atoms. The lowest BCUT2D eigenvalue weighted by Gasteiger charge is -2.16. The number of aromatic nitrogens is 3. The van der Waals surface area contributed by atoms with Gasteiger partial charge in [0.2, 0.25) is 5.91 Å². The van der Waals surface area contributed by atoms with Crippen LogP contribution in [0.25, 0.3) is 0 Å². The van der Waals surface area contributed by atoms with Crippen molar-refractivity contribution in [1.29, 1.82) is 0 Å². The minimum atomic E-state index is -0.622. The molecule has 1 atom stereocenters. The first-order chi connectivity index (χ1) is 19.6. The van der Waals surface area contributed by atoms with Crippen LogP contribution < -0.4 is 10.1 Å². The van der Waals surface area contributed by atoms with Crippen molar-refractivity contribution in [2.24, 2.45) is 0 Å². The Hall–Kier alpha value is -3.64. The number of ether oxygens (including phenoxy) is 3. The molecule has 0 fully saturated rings. The van der Waals surface area contributed by atoms with Crippen molar-refractivity contribution in [2.45, 2.75) is 65.3 Å². The highest BCUT2D eigenvalue weighted by Crippen LogP contribution is 2.35. The zero-order valence-electron chi connectivity index (χ0n) is 24.2. The Labute approximate surface area is 248 Å². The molecule has 0 spiro atoms. The van der Waals surface area contributed by atoms with Crippen LogP contribution in [-0.4, -0.2) is 51.6 Å². The van der Waals surface area contributed by atoms with Gasteiger partial charge in [-0.15, -0.1) is 28.1 Å². The lowest BCUT2D eigenvalue weighted by molar-refractivity contribution is -0.113.